The number of benzene rings is 2. The second-order valence-electron chi connectivity index (χ2n) is 3.60. The number of rotatable bonds is 1. The van der Waals surface area contributed by atoms with E-state index in [9.17, 15) is 0 Å². The van der Waals surface area contributed by atoms with Crippen molar-refractivity contribution in [3.8, 4) is 0 Å². The smallest absolute Gasteiger partial charge is 0.0598 e. The van der Waals surface area contributed by atoms with Crippen LogP contribution < -0.4 is 5.73 Å². The summed E-state index contributed by atoms with van der Waals surface area (Å²) in [6.07, 6.45) is 0. The summed E-state index contributed by atoms with van der Waals surface area (Å²) in [5.74, 6) is 0. The molecule has 0 aliphatic heterocycles. The highest BCUT2D eigenvalue weighted by atomic mass is 35.5. The third-order valence-corrected chi connectivity index (χ3v) is 3.28. The Bertz CT molecular complexity index is 521. The Hall–Kier alpha value is -0.760. The van der Waals surface area contributed by atoms with Crippen LogP contribution >= 0.6 is 23.2 Å². The minimum Gasteiger partial charge on any atom is -0.326 e. The highest BCUT2D eigenvalue weighted by molar-refractivity contribution is 6.42. The van der Waals surface area contributed by atoms with Crippen LogP contribution in [0.5, 0.6) is 0 Å². The molecule has 0 amide bonds. The Balaban J connectivity index is 2.76. The van der Waals surface area contributed by atoms with Crippen LogP contribution in [0.3, 0.4) is 0 Å². The topological polar surface area (TPSA) is 26.0 Å². The molecule has 0 heterocycles. The quantitative estimate of drug-likeness (QED) is 0.803. The van der Waals surface area contributed by atoms with Gasteiger partial charge in [0.05, 0.1) is 10.0 Å². The fraction of sp³-hybridized carbons (Fsp3) is 0.167. The molecule has 0 unspecified atom stereocenters. The normalized spacial score (nSPS) is 10.9. The van der Waals surface area contributed by atoms with Crippen molar-refractivity contribution < 1.29 is 0 Å². The lowest BCUT2D eigenvalue weighted by atomic mass is 10.0. The fourth-order valence-corrected chi connectivity index (χ4v) is 2.02. The van der Waals surface area contributed by atoms with Crippen molar-refractivity contribution in [1.29, 1.82) is 0 Å². The summed E-state index contributed by atoms with van der Waals surface area (Å²) in [4.78, 5) is 0. The van der Waals surface area contributed by atoms with E-state index < -0.39 is 0 Å². The highest BCUT2D eigenvalue weighted by Crippen LogP contribution is 2.29. The molecule has 0 aliphatic carbocycles. The van der Waals surface area contributed by atoms with Crippen molar-refractivity contribution in [3.05, 3.63) is 45.4 Å². The first-order valence-corrected chi connectivity index (χ1v) is 5.46. The van der Waals surface area contributed by atoms with Crippen LogP contribution in [0.2, 0.25) is 10.0 Å². The molecule has 15 heavy (non-hydrogen) atoms. The standard InChI is InChI=1S/C12H11Cl2N/c1-7-2-8-4-11(13)12(14)5-9(8)3-10(7)6-15/h2-5H,6,15H2,1H3. The van der Waals surface area contributed by atoms with Crippen molar-refractivity contribution in [2.45, 2.75) is 13.5 Å². The molecule has 2 aromatic rings. The highest BCUT2D eigenvalue weighted by Gasteiger charge is 2.04. The number of fused-ring (bicyclic) bond motifs is 1. The van der Waals surface area contributed by atoms with Crippen molar-refractivity contribution in [1.82, 2.24) is 0 Å². The molecule has 0 bridgehead atoms. The Labute approximate surface area is 98.8 Å². The number of hydrogen-bond donors (Lipinski definition) is 1. The average Bonchev–Trinajstić information content (AvgIpc) is 2.20. The Kier molecular flexibility index (Phi) is 2.87. The fourth-order valence-electron chi connectivity index (χ4n) is 1.68. The van der Waals surface area contributed by atoms with Crippen molar-refractivity contribution >= 4 is 34.0 Å². The summed E-state index contributed by atoms with van der Waals surface area (Å²) in [6, 6.07) is 7.90. The molecular formula is C12H11Cl2N. The SMILES string of the molecule is Cc1cc2cc(Cl)c(Cl)cc2cc1CN. The van der Waals surface area contributed by atoms with Gasteiger partial charge in [0.25, 0.3) is 0 Å². The van der Waals surface area contributed by atoms with Crippen LogP contribution in [0.25, 0.3) is 10.8 Å². The molecule has 78 valence electrons. The van der Waals surface area contributed by atoms with Gasteiger partial charge in [0.1, 0.15) is 0 Å². The Morgan fingerprint density at radius 3 is 2.07 bits per heavy atom. The third-order valence-electron chi connectivity index (χ3n) is 2.55. The van der Waals surface area contributed by atoms with Crippen molar-refractivity contribution in [2.75, 3.05) is 0 Å². The first kappa shape index (κ1) is 10.7. The van der Waals surface area contributed by atoms with Crippen LogP contribution in [0.4, 0.5) is 0 Å². The van der Waals surface area contributed by atoms with Crippen LogP contribution in [0.15, 0.2) is 24.3 Å². The predicted octanol–water partition coefficient (Wildman–Crippen LogP) is 3.91. The third kappa shape index (κ3) is 1.96. The summed E-state index contributed by atoms with van der Waals surface area (Å²) in [5, 5.41) is 3.34. The van der Waals surface area contributed by atoms with Crippen LogP contribution in [0, 0.1) is 6.92 Å². The zero-order valence-electron chi connectivity index (χ0n) is 8.35. The van der Waals surface area contributed by atoms with Crippen LogP contribution in [0.1, 0.15) is 11.1 Å². The van der Waals surface area contributed by atoms with E-state index in [1.54, 1.807) is 0 Å². The predicted molar refractivity (Wildman–Crippen MR) is 66.6 cm³/mol. The molecular weight excluding hydrogens is 229 g/mol. The van der Waals surface area contributed by atoms with Crippen molar-refractivity contribution in [3.63, 3.8) is 0 Å². The number of hydrogen-bond acceptors (Lipinski definition) is 1. The van der Waals surface area contributed by atoms with Crippen molar-refractivity contribution in [2.24, 2.45) is 5.73 Å². The molecule has 0 aliphatic rings. The van der Waals surface area contributed by atoms with Gasteiger partial charge in [-0.25, -0.2) is 0 Å². The molecule has 0 atom stereocenters. The van der Waals surface area contributed by atoms with E-state index >= 15 is 0 Å². The summed E-state index contributed by atoms with van der Waals surface area (Å²) < 4.78 is 0. The van der Waals surface area contributed by atoms with Gasteiger partial charge in [0.15, 0.2) is 0 Å². The molecule has 0 radical (unpaired) electrons. The van der Waals surface area contributed by atoms with Gasteiger partial charge in [-0.15, -0.1) is 0 Å². The van der Waals surface area contributed by atoms with E-state index in [1.807, 2.05) is 19.1 Å². The molecule has 0 fully saturated rings. The molecule has 3 heteroatoms. The zero-order chi connectivity index (χ0) is 11.0. The molecule has 1 nitrogen and oxygen atoms in total. The van der Waals surface area contributed by atoms with Gasteiger partial charge in [-0.05, 0) is 47.0 Å². The number of halogens is 2. The lowest BCUT2D eigenvalue weighted by Gasteiger charge is -2.07. The van der Waals surface area contributed by atoms with E-state index in [4.69, 9.17) is 28.9 Å². The zero-order valence-corrected chi connectivity index (χ0v) is 9.86. The second-order valence-corrected chi connectivity index (χ2v) is 4.41. The molecule has 2 aromatic carbocycles. The monoisotopic (exact) mass is 239 g/mol. The van der Waals surface area contributed by atoms with E-state index in [1.165, 1.54) is 5.56 Å². The lowest BCUT2D eigenvalue weighted by Crippen LogP contribution is -1.98. The summed E-state index contributed by atoms with van der Waals surface area (Å²) in [7, 11) is 0. The molecule has 0 spiro atoms. The van der Waals surface area contributed by atoms with Gasteiger partial charge in [-0.2, -0.15) is 0 Å². The molecule has 0 aromatic heterocycles. The van der Waals surface area contributed by atoms with Gasteiger partial charge in [-0.3, -0.25) is 0 Å². The Morgan fingerprint density at radius 2 is 1.53 bits per heavy atom. The Morgan fingerprint density at radius 1 is 1.00 bits per heavy atom. The van der Waals surface area contributed by atoms with E-state index in [-0.39, 0.29) is 0 Å². The minimum atomic E-state index is 0.544. The maximum absolute atomic E-state index is 5.96. The number of aryl methyl sites for hydroxylation is 1. The first-order valence-electron chi connectivity index (χ1n) is 4.70. The van der Waals surface area contributed by atoms with E-state index in [0.717, 1.165) is 16.3 Å². The summed E-state index contributed by atoms with van der Waals surface area (Å²) in [6.45, 7) is 2.59. The minimum absolute atomic E-state index is 0.544. The second kappa shape index (κ2) is 4.01. The number of nitrogens with two attached hydrogens (primary N) is 1. The summed E-state index contributed by atoms with van der Waals surface area (Å²) in [5.41, 5.74) is 7.97. The average molecular weight is 240 g/mol. The van der Waals surface area contributed by atoms with Gasteiger partial charge in [0.2, 0.25) is 0 Å². The molecule has 0 saturated heterocycles. The van der Waals surface area contributed by atoms with Crippen LogP contribution in [-0.2, 0) is 6.54 Å². The molecule has 2 N–H and O–H groups in total. The molecule has 2 rings (SSSR count). The van der Waals surface area contributed by atoms with Gasteiger partial charge >= 0.3 is 0 Å². The first-order chi connectivity index (χ1) is 7.11. The maximum atomic E-state index is 5.96. The van der Waals surface area contributed by atoms with Crippen LogP contribution in [-0.4, -0.2) is 0 Å². The van der Waals surface area contributed by atoms with Gasteiger partial charge in [0, 0.05) is 6.54 Å². The van der Waals surface area contributed by atoms with E-state index in [0.29, 0.717) is 16.6 Å². The molecule has 0 saturated carbocycles. The largest absolute Gasteiger partial charge is 0.326 e. The van der Waals surface area contributed by atoms with E-state index in [2.05, 4.69) is 12.1 Å². The lowest BCUT2D eigenvalue weighted by molar-refractivity contribution is 1.05. The summed E-state index contributed by atoms with van der Waals surface area (Å²) >= 11 is 11.9. The van der Waals surface area contributed by atoms with Gasteiger partial charge < -0.3 is 5.73 Å². The van der Waals surface area contributed by atoms with Gasteiger partial charge in [-0.1, -0.05) is 29.3 Å². The maximum Gasteiger partial charge on any atom is 0.0598 e.